The van der Waals surface area contributed by atoms with E-state index in [4.69, 9.17) is 4.79 Å². The van der Waals surface area contributed by atoms with Crippen LogP contribution in [0.4, 0.5) is 5.69 Å². The highest BCUT2D eigenvalue weighted by atomic mass is 16.1. The van der Waals surface area contributed by atoms with Gasteiger partial charge in [0.05, 0.1) is 0 Å². The molecule has 4 nitrogen and oxygen atoms in total. The van der Waals surface area contributed by atoms with Gasteiger partial charge in [-0.25, -0.2) is 5.84 Å². The Morgan fingerprint density at radius 3 is 2.30 bits per heavy atom. The molecule has 0 aromatic heterocycles. The van der Waals surface area contributed by atoms with Crippen LogP contribution in [0, 0.1) is 0 Å². The summed E-state index contributed by atoms with van der Waals surface area (Å²) in [6.07, 6.45) is 8.69. The molecule has 0 atom stereocenters. The van der Waals surface area contributed by atoms with Gasteiger partial charge in [-0.05, 0) is 47.9 Å². The molecule has 1 saturated carbocycles. The molecule has 3 rings (SSSR count). The van der Waals surface area contributed by atoms with E-state index in [1.54, 1.807) is 5.43 Å². The number of benzene rings is 2. The molecule has 0 radical (unpaired) electrons. The summed E-state index contributed by atoms with van der Waals surface area (Å²) in [4.78, 5) is 8.94. The summed E-state index contributed by atoms with van der Waals surface area (Å²) in [6, 6.07) is 15.3. The van der Waals surface area contributed by atoms with Gasteiger partial charge in [-0.3, -0.25) is 10.2 Å². The number of amides is 1. The minimum atomic E-state index is 0.403. The lowest BCUT2D eigenvalue weighted by Crippen LogP contribution is -2.18. The molecule has 27 heavy (non-hydrogen) atoms. The third kappa shape index (κ3) is 6.91. The number of anilines is 1. The third-order valence-electron chi connectivity index (χ3n) is 4.36. The van der Waals surface area contributed by atoms with Crippen molar-refractivity contribution < 1.29 is 4.79 Å². The van der Waals surface area contributed by atoms with E-state index in [2.05, 4.69) is 72.7 Å². The number of nitrogens with one attached hydrogen (secondary N) is 2. The molecule has 1 aliphatic carbocycles. The zero-order valence-corrected chi connectivity index (χ0v) is 17.0. The summed E-state index contributed by atoms with van der Waals surface area (Å²) in [5.41, 5.74) is 8.56. The fourth-order valence-corrected chi connectivity index (χ4v) is 2.93. The van der Waals surface area contributed by atoms with E-state index in [0.717, 1.165) is 12.3 Å². The summed E-state index contributed by atoms with van der Waals surface area (Å²) in [7, 11) is 2.00. The van der Waals surface area contributed by atoms with E-state index in [1.165, 1.54) is 40.8 Å². The number of hydrogen-bond donors (Lipinski definition) is 3. The Kier molecular flexibility index (Phi) is 10.6. The standard InChI is InChI=1S/C20H23N.C2H6.CH4N2O/c1-3-15-7-4-5-8-16(15)13-14-19-18(17-11-12-17)9-6-10-20(19)21-2;1-2;2-3-1-4/h4-10,13-14,17,21H,3,11-12H2,1-2H3;1-2H3;1H,2H2,(H,3,4)/b14-13+;;. The van der Waals surface area contributed by atoms with Crippen LogP contribution < -0.4 is 16.6 Å². The summed E-state index contributed by atoms with van der Waals surface area (Å²) in [5, 5.41) is 3.33. The first-order chi connectivity index (χ1) is 13.2. The van der Waals surface area contributed by atoms with Crippen LogP contribution in [0.3, 0.4) is 0 Å². The van der Waals surface area contributed by atoms with Crippen molar-refractivity contribution in [2.24, 2.45) is 5.84 Å². The number of aryl methyl sites for hydroxylation is 1. The van der Waals surface area contributed by atoms with Gasteiger partial charge in [-0.1, -0.05) is 69.3 Å². The number of rotatable bonds is 6. The monoisotopic (exact) mass is 367 g/mol. The Labute approximate surface area is 163 Å². The van der Waals surface area contributed by atoms with Crippen LogP contribution >= 0.6 is 0 Å². The third-order valence-corrected chi connectivity index (χ3v) is 4.36. The van der Waals surface area contributed by atoms with Crippen molar-refractivity contribution in [3.8, 4) is 0 Å². The molecular formula is C23H33N3O. The molecule has 4 N–H and O–H groups in total. The quantitative estimate of drug-likeness (QED) is 0.222. The molecule has 2 aromatic rings. The summed E-state index contributed by atoms with van der Waals surface area (Å²) >= 11 is 0. The number of carbonyl (C=O) groups is 1. The van der Waals surface area contributed by atoms with Gasteiger partial charge >= 0.3 is 0 Å². The Morgan fingerprint density at radius 1 is 1.07 bits per heavy atom. The maximum absolute atomic E-state index is 8.94. The predicted molar refractivity (Wildman–Crippen MR) is 117 cm³/mol. The molecule has 4 heteroatoms. The van der Waals surface area contributed by atoms with Crippen molar-refractivity contribution in [3.05, 3.63) is 64.7 Å². The summed E-state index contributed by atoms with van der Waals surface area (Å²) < 4.78 is 0. The van der Waals surface area contributed by atoms with E-state index in [-0.39, 0.29) is 0 Å². The van der Waals surface area contributed by atoms with E-state index in [0.29, 0.717) is 6.41 Å². The lowest BCUT2D eigenvalue weighted by atomic mass is 9.98. The van der Waals surface area contributed by atoms with Gasteiger partial charge in [0.25, 0.3) is 0 Å². The average Bonchev–Trinajstić information content (AvgIpc) is 3.59. The second-order valence-corrected chi connectivity index (χ2v) is 6.00. The van der Waals surface area contributed by atoms with Crippen LogP contribution in [0.1, 0.15) is 61.8 Å². The molecule has 1 amide bonds. The summed E-state index contributed by atoms with van der Waals surface area (Å²) in [6.45, 7) is 6.21. The zero-order valence-electron chi connectivity index (χ0n) is 17.0. The maximum Gasteiger partial charge on any atom is 0.221 e. The molecule has 0 heterocycles. The number of carbonyl (C=O) groups excluding carboxylic acids is 1. The molecule has 0 aliphatic heterocycles. The number of hydrogen-bond acceptors (Lipinski definition) is 3. The Bertz CT molecular complexity index is 721. The fraction of sp³-hybridized carbons (Fsp3) is 0.348. The molecule has 1 aliphatic rings. The molecule has 1 fully saturated rings. The van der Waals surface area contributed by atoms with E-state index < -0.39 is 0 Å². The number of nitrogens with two attached hydrogens (primary N) is 1. The Hall–Kier alpha value is -2.59. The van der Waals surface area contributed by atoms with E-state index in [1.807, 2.05) is 20.9 Å². The molecule has 0 bridgehead atoms. The summed E-state index contributed by atoms with van der Waals surface area (Å²) in [5.74, 6) is 5.17. The van der Waals surface area contributed by atoms with Gasteiger partial charge in [0.1, 0.15) is 0 Å². The van der Waals surface area contributed by atoms with Crippen LogP contribution in [-0.2, 0) is 11.2 Å². The topological polar surface area (TPSA) is 67.2 Å². The zero-order chi connectivity index (χ0) is 20.1. The van der Waals surface area contributed by atoms with Crippen LogP contribution in [-0.4, -0.2) is 13.5 Å². The van der Waals surface area contributed by atoms with Gasteiger partial charge in [0.2, 0.25) is 6.41 Å². The lowest BCUT2D eigenvalue weighted by molar-refractivity contribution is -0.109. The Morgan fingerprint density at radius 2 is 1.74 bits per heavy atom. The van der Waals surface area contributed by atoms with Gasteiger partial charge in [0.15, 0.2) is 0 Å². The molecule has 2 aromatic carbocycles. The highest BCUT2D eigenvalue weighted by molar-refractivity contribution is 5.79. The molecular weight excluding hydrogens is 334 g/mol. The SMILES string of the molecule is CC.CCc1ccccc1/C=C/c1c(NC)cccc1C1CC1.NNC=O. The lowest BCUT2D eigenvalue weighted by Gasteiger charge is -2.11. The van der Waals surface area contributed by atoms with Crippen molar-refractivity contribution in [1.82, 2.24) is 5.43 Å². The van der Waals surface area contributed by atoms with Crippen molar-refractivity contribution in [2.45, 2.75) is 46.0 Å². The van der Waals surface area contributed by atoms with Crippen LogP contribution in [0.25, 0.3) is 12.2 Å². The minimum absolute atomic E-state index is 0.403. The van der Waals surface area contributed by atoms with Gasteiger partial charge in [0, 0.05) is 18.3 Å². The highest BCUT2D eigenvalue weighted by Crippen LogP contribution is 2.43. The second-order valence-electron chi connectivity index (χ2n) is 6.00. The van der Waals surface area contributed by atoms with Crippen molar-refractivity contribution in [3.63, 3.8) is 0 Å². The van der Waals surface area contributed by atoms with E-state index >= 15 is 0 Å². The fourth-order valence-electron chi connectivity index (χ4n) is 2.93. The average molecular weight is 368 g/mol. The largest absolute Gasteiger partial charge is 0.388 e. The van der Waals surface area contributed by atoms with Gasteiger partial charge in [-0.2, -0.15) is 0 Å². The van der Waals surface area contributed by atoms with Crippen molar-refractivity contribution in [2.75, 3.05) is 12.4 Å². The van der Waals surface area contributed by atoms with Crippen LogP contribution in [0.2, 0.25) is 0 Å². The molecule has 0 spiro atoms. The molecule has 0 saturated heterocycles. The van der Waals surface area contributed by atoms with Crippen LogP contribution in [0.5, 0.6) is 0 Å². The van der Waals surface area contributed by atoms with Gasteiger partial charge < -0.3 is 5.32 Å². The van der Waals surface area contributed by atoms with E-state index in [9.17, 15) is 0 Å². The normalized spacial score (nSPS) is 12.3. The first-order valence-electron chi connectivity index (χ1n) is 9.71. The number of hydrazine groups is 1. The van der Waals surface area contributed by atoms with Crippen LogP contribution in [0.15, 0.2) is 42.5 Å². The molecule has 146 valence electrons. The minimum Gasteiger partial charge on any atom is -0.388 e. The Balaban J connectivity index is 0.000000541. The predicted octanol–water partition coefficient (Wildman–Crippen LogP) is 4.97. The highest BCUT2D eigenvalue weighted by Gasteiger charge is 2.26. The van der Waals surface area contributed by atoms with Gasteiger partial charge in [-0.15, -0.1) is 0 Å². The maximum atomic E-state index is 8.94. The first kappa shape index (κ1) is 22.5. The first-order valence-corrected chi connectivity index (χ1v) is 9.71. The van der Waals surface area contributed by atoms with Crippen molar-refractivity contribution >= 4 is 24.2 Å². The second kappa shape index (κ2) is 12.7. The van der Waals surface area contributed by atoms with Crippen molar-refractivity contribution in [1.29, 1.82) is 0 Å². The smallest absolute Gasteiger partial charge is 0.221 e. The molecule has 0 unspecified atom stereocenters.